The molecule has 2 N–H and O–H groups in total. The summed E-state index contributed by atoms with van der Waals surface area (Å²) in [4.78, 5) is 24.3. The van der Waals surface area contributed by atoms with Crippen molar-refractivity contribution in [3.8, 4) is 0 Å². The summed E-state index contributed by atoms with van der Waals surface area (Å²) in [5.74, 6) is -0.479. The number of carbonyl (C=O) groups excluding carboxylic acids is 1. The number of aromatic amines is 1. The maximum atomic E-state index is 12.5. The van der Waals surface area contributed by atoms with Crippen molar-refractivity contribution >= 4 is 22.4 Å². The maximum Gasteiger partial charge on any atom is 0.292 e. The fourth-order valence-corrected chi connectivity index (χ4v) is 2.75. The van der Waals surface area contributed by atoms with E-state index >= 15 is 0 Å². The van der Waals surface area contributed by atoms with E-state index in [0.29, 0.717) is 16.5 Å². The summed E-state index contributed by atoms with van der Waals surface area (Å²) < 4.78 is 0. The molecular formula is C21H22N4O2. The van der Waals surface area contributed by atoms with Crippen LogP contribution in [-0.4, -0.2) is 21.8 Å². The van der Waals surface area contributed by atoms with Crippen LogP contribution in [0.1, 0.15) is 49.3 Å². The molecule has 0 saturated heterocycles. The molecule has 0 fully saturated rings. The van der Waals surface area contributed by atoms with Crippen molar-refractivity contribution in [2.75, 3.05) is 0 Å². The van der Waals surface area contributed by atoms with E-state index in [4.69, 9.17) is 0 Å². The van der Waals surface area contributed by atoms with Gasteiger partial charge < -0.3 is 0 Å². The summed E-state index contributed by atoms with van der Waals surface area (Å²) >= 11 is 0. The van der Waals surface area contributed by atoms with Gasteiger partial charge in [-0.25, -0.2) is 10.5 Å². The van der Waals surface area contributed by atoms with Crippen molar-refractivity contribution < 1.29 is 4.79 Å². The maximum absolute atomic E-state index is 12.5. The van der Waals surface area contributed by atoms with Gasteiger partial charge in [-0.15, -0.1) is 0 Å². The number of nitrogens with zero attached hydrogens (tertiary/aromatic N) is 2. The summed E-state index contributed by atoms with van der Waals surface area (Å²) in [6.07, 6.45) is 0. The largest absolute Gasteiger partial charge is 0.292 e. The Morgan fingerprint density at radius 1 is 1.04 bits per heavy atom. The zero-order valence-corrected chi connectivity index (χ0v) is 15.8. The number of carbonyl (C=O) groups is 1. The van der Waals surface area contributed by atoms with Gasteiger partial charge in [-0.05, 0) is 29.5 Å². The zero-order valence-electron chi connectivity index (χ0n) is 15.8. The molecular weight excluding hydrogens is 340 g/mol. The summed E-state index contributed by atoms with van der Waals surface area (Å²) in [5.41, 5.74) is 5.22. The average molecular weight is 362 g/mol. The Morgan fingerprint density at radius 2 is 1.67 bits per heavy atom. The van der Waals surface area contributed by atoms with Crippen LogP contribution < -0.4 is 11.0 Å². The molecule has 1 aromatic heterocycles. The molecule has 138 valence electrons. The smallest absolute Gasteiger partial charge is 0.267 e. The van der Waals surface area contributed by atoms with Crippen LogP contribution in [0, 0.1) is 0 Å². The number of amides is 1. The number of aromatic nitrogens is 2. The molecule has 2 aromatic carbocycles. The number of benzene rings is 2. The highest BCUT2D eigenvalue weighted by Crippen LogP contribution is 2.22. The lowest BCUT2D eigenvalue weighted by Gasteiger charge is -2.19. The molecule has 0 bridgehead atoms. The lowest BCUT2D eigenvalue weighted by Crippen LogP contribution is -2.23. The van der Waals surface area contributed by atoms with Crippen LogP contribution in [0.5, 0.6) is 0 Å². The standard InChI is InChI=1S/C21H22N4O2/c1-13(14-9-11-15(12-10-14)21(2,3)4)22-25-20(27)18-16-7-5-6-8-17(16)19(26)24-23-18/h5-12H,1-4H3,(H,24,26)(H,25,27)/b22-13-. The highest BCUT2D eigenvalue weighted by atomic mass is 16.2. The average Bonchev–Trinajstić information content (AvgIpc) is 2.66. The molecule has 0 spiro atoms. The topological polar surface area (TPSA) is 87.2 Å². The van der Waals surface area contributed by atoms with Gasteiger partial charge in [-0.1, -0.05) is 63.2 Å². The van der Waals surface area contributed by atoms with E-state index in [9.17, 15) is 9.59 Å². The summed E-state index contributed by atoms with van der Waals surface area (Å²) in [6, 6.07) is 14.9. The first-order valence-electron chi connectivity index (χ1n) is 8.70. The number of hydrogen-bond acceptors (Lipinski definition) is 4. The molecule has 0 atom stereocenters. The molecule has 6 heteroatoms. The van der Waals surface area contributed by atoms with Gasteiger partial charge in [-0.3, -0.25) is 9.59 Å². The quantitative estimate of drug-likeness (QED) is 0.553. The second kappa shape index (κ2) is 7.15. The van der Waals surface area contributed by atoms with E-state index in [1.807, 2.05) is 19.1 Å². The first-order chi connectivity index (χ1) is 12.8. The number of hydrogen-bond donors (Lipinski definition) is 2. The molecule has 0 aliphatic rings. The zero-order chi connectivity index (χ0) is 19.6. The van der Waals surface area contributed by atoms with Crippen LogP contribution in [0.15, 0.2) is 58.4 Å². The molecule has 0 aliphatic carbocycles. The van der Waals surface area contributed by atoms with Crippen LogP contribution in [0.3, 0.4) is 0 Å². The minimum absolute atomic E-state index is 0.0781. The fraction of sp³-hybridized carbons (Fsp3) is 0.238. The molecule has 6 nitrogen and oxygen atoms in total. The molecule has 0 unspecified atom stereocenters. The second-order valence-electron chi connectivity index (χ2n) is 7.41. The SMILES string of the molecule is C/C(=N/NC(=O)c1n[nH]c(=O)c2ccccc12)c1ccc(C(C)(C)C)cc1. The number of fused-ring (bicyclic) bond motifs is 1. The monoisotopic (exact) mass is 362 g/mol. The lowest BCUT2D eigenvalue weighted by molar-refractivity contribution is 0.0950. The summed E-state index contributed by atoms with van der Waals surface area (Å²) in [6.45, 7) is 8.30. The first kappa shape index (κ1) is 18.5. The van der Waals surface area contributed by atoms with Crippen molar-refractivity contribution in [2.24, 2.45) is 5.10 Å². The van der Waals surface area contributed by atoms with Gasteiger partial charge in [0.05, 0.1) is 11.1 Å². The van der Waals surface area contributed by atoms with Gasteiger partial charge in [0.25, 0.3) is 11.5 Å². The Hall–Kier alpha value is -3.28. The molecule has 0 aliphatic heterocycles. The van der Waals surface area contributed by atoms with Crippen molar-refractivity contribution in [2.45, 2.75) is 33.1 Å². The van der Waals surface area contributed by atoms with Crippen molar-refractivity contribution in [3.63, 3.8) is 0 Å². The van der Waals surface area contributed by atoms with Gasteiger partial charge in [0.2, 0.25) is 0 Å². The second-order valence-corrected chi connectivity index (χ2v) is 7.41. The van der Waals surface area contributed by atoms with E-state index in [2.05, 4.69) is 53.6 Å². The third-order valence-electron chi connectivity index (χ3n) is 4.40. The molecule has 0 radical (unpaired) electrons. The van der Waals surface area contributed by atoms with Gasteiger partial charge >= 0.3 is 0 Å². The molecule has 0 saturated carbocycles. The Balaban J connectivity index is 1.83. The molecule has 1 heterocycles. The molecule has 3 aromatic rings. The predicted molar refractivity (Wildman–Crippen MR) is 107 cm³/mol. The normalized spacial score (nSPS) is 12.2. The number of H-pyrrole nitrogens is 1. The minimum atomic E-state index is -0.479. The van der Waals surface area contributed by atoms with Crippen LogP contribution in [0.2, 0.25) is 0 Å². The van der Waals surface area contributed by atoms with Gasteiger partial charge in [-0.2, -0.15) is 10.2 Å². The van der Waals surface area contributed by atoms with Crippen LogP contribution >= 0.6 is 0 Å². The van der Waals surface area contributed by atoms with Crippen LogP contribution in [0.25, 0.3) is 10.8 Å². The third-order valence-corrected chi connectivity index (χ3v) is 4.40. The van der Waals surface area contributed by atoms with E-state index in [1.165, 1.54) is 5.56 Å². The highest BCUT2D eigenvalue weighted by molar-refractivity contribution is 6.06. The van der Waals surface area contributed by atoms with Gasteiger partial charge in [0.1, 0.15) is 0 Å². The number of rotatable bonds is 3. The highest BCUT2D eigenvalue weighted by Gasteiger charge is 2.15. The molecule has 1 amide bonds. The van der Waals surface area contributed by atoms with E-state index in [1.54, 1.807) is 24.3 Å². The molecule has 27 heavy (non-hydrogen) atoms. The van der Waals surface area contributed by atoms with Crippen molar-refractivity contribution in [3.05, 3.63) is 75.7 Å². The minimum Gasteiger partial charge on any atom is -0.267 e. The Morgan fingerprint density at radius 3 is 2.30 bits per heavy atom. The molecule has 3 rings (SSSR count). The first-order valence-corrected chi connectivity index (χ1v) is 8.70. The fourth-order valence-electron chi connectivity index (χ4n) is 2.75. The van der Waals surface area contributed by atoms with Crippen molar-refractivity contribution in [1.82, 2.24) is 15.6 Å². The van der Waals surface area contributed by atoms with Gasteiger partial charge in [0, 0.05) is 5.39 Å². The van der Waals surface area contributed by atoms with E-state index in [0.717, 1.165) is 5.56 Å². The Labute approximate surface area is 157 Å². The Kier molecular flexibility index (Phi) is 4.90. The number of hydrazone groups is 1. The lowest BCUT2D eigenvalue weighted by atomic mass is 9.86. The Bertz CT molecular complexity index is 1070. The van der Waals surface area contributed by atoms with Crippen LogP contribution in [0.4, 0.5) is 0 Å². The van der Waals surface area contributed by atoms with Crippen LogP contribution in [-0.2, 0) is 5.41 Å². The van der Waals surface area contributed by atoms with Crippen molar-refractivity contribution in [1.29, 1.82) is 0 Å². The van der Waals surface area contributed by atoms with E-state index < -0.39 is 5.91 Å². The van der Waals surface area contributed by atoms with Gasteiger partial charge in [0.15, 0.2) is 5.69 Å². The third kappa shape index (κ3) is 3.95. The summed E-state index contributed by atoms with van der Waals surface area (Å²) in [7, 11) is 0. The van der Waals surface area contributed by atoms with E-state index in [-0.39, 0.29) is 16.7 Å². The summed E-state index contributed by atoms with van der Waals surface area (Å²) in [5, 5.41) is 11.3. The number of nitrogens with one attached hydrogen (secondary N) is 2. The predicted octanol–water partition coefficient (Wildman–Crippen LogP) is 3.37.